The molecule has 0 aliphatic carbocycles. The Labute approximate surface area is 80.4 Å². The molecule has 68 valence electrons. The third-order valence-corrected chi connectivity index (χ3v) is 2.29. The van der Waals surface area contributed by atoms with Gasteiger partial charge in [0, 0.05) is 5.39 Å². The van der Waals surface area contributed by atoms with Gasteiger partial charge in [0.15, 0.2) is 5.58 Å². The van der Waals surface area contributed by atoms with E-state index < -0.39 is 0 Å². The first-order valence-electron chi connectivity index (χ1n) is 4.43. The van der Waals surface area contributed by atoms with Crippen LogP contribution in [0.5, 0.6) is 0 Å². The minimum atomic E-state index is 0.744. The smallest absolute Gasteiger partial charge is 0.172 e. The van der Waals surface area contributed by atoms with Crippen LogP contribution in [0.4, 0.5) is 0 Å². The summed E-state index contributed by atoms with van der Waals surface area (Å²) in [5.41, 5.74) is 3.71. The summed E-state index contributed by atoms with van der Waals surface area (Å²) in [6.07, 6.45) is 3.23. The second-order valence-electron chi connectivity index (χ2n) is 3.34. The van der Waals surface area contributed by atoms with Crippen LogP contribution in [0.25, 0.3) is 22.1 Å². The molecule has 0 amide bonds. The number of aryl methyl sites for hydroxylation is 1. The lowest BCUT2D eigenvalue weighted by molar-refractivity contribution is 0.665. The summed E-state index contributed by atoms with van der Waals surface area (Å²) < 4.78 is 5.58. The van der Waals surface area contributed by atoms with Crippen LogP contribution < -0.4 is 0 Å². The van der Waals surface area contributed by atoms with Crippen molar-refractivity contribution < 1.29 is 4.42 Å². The third-order valence-electron chi connectivity index (χ3n) is 2.29. The maximum Gasteiger partial charge on any atom is 0.172 e. The molecule has 0 saturated carbocycles. The first kappa shape index (κ1) is 7.50. The predicted octanol–water partition coefficient (Wildman–Crippen LogP) is 2.68. The Morgan fingerprint density at radius 1 is 1.21 bits per heavy atom. The molecule has 2 aromatic heterocycles. The lowest BCUT2D eigenvalue weighted by Gasteiger charge is -1.90. The van der Waals surface area contributed by atoms with Crippen molar-refractivity contribution in [3.63, 3.8) is 0 Å². The molecule has 0 saturated heterocycles. The van der Waals surface area contributed by atoms with Crippen LogP contribution in [0.1, 0.15) is 5.56 Å². The molecule has 0 atom stereocenters. The molecular weight excluding hydrogens is 176 g/mol. The zero-order valence-electron chi connectivity index (χ0n) is 7.69. The van der Waals surface area contributed by atoms with Crippen LogP contribution in [-0.2, 0) is 0 Å². The Hall–Kier alpha value is -1.90. The molecule has 0 spiro atoms. The number of furan rings is 1. The van der Waals surface area contributed by atoms with E-state index in [1.807, 2.05) is 12.1 Å². The maximum absolute atomic E-state index is 5.58. The summed E-state index contributed by atoms with van der Waals surface area (Å²) >= 11 is 0. The first-order valence-corrected chi connectivity index (χ1v) is 4.43. The second-order valence-corrected chi connectivity index (χ2v) is 3.34. The Balaban J connectivity index is 2.58. The molecule has 0 N–H and O–H groups in total. The molecule has 0 unspecified atom stereocenters. The Morgan fingerprint density at radius 3 is 3.07 bits per heavy atom. The van der Waals surface area contributed by atoms with E-state index in [0.717, 1.165) is 22.1 Å². The van der Waals surface area contributed by atoms with Crippen molar-refractivity contribution in [3.8, 4) is 0 Å². The van der Waals surface area contributed by atoms with Crippen molar-refractivity contribution in [2.45, 2.75) is 6.92 Å². The molecule has 0 fully saturated rings. The third kappa shape index (κ3) is 0.923. The van der Waals surface area contributed by atoms with Crippen molar-refractivity contribution >= 4 is 22.1 Å². The number of hydrogen-bond acceptors (Lipinski definition) is 3. The SMILES string of the molecule is Cc1ccc2oc3cncnc3c2c1. The minimum Gasteiger partial charge on any atom is -0.453 e. The van der Waals surface area contributed by atoms with Gasteiger partial charge in [0.25, 0.3) is 0 Å². The summed E-state index contributed by atoms with van der Waals surface area (Å²) in [5.74, 6) is 0. The predicted molar refractivity (Wildman–Crippen MR) is 54.0 cm³/mol. The monoisotopic (exact) mass is 184 g/mol. The highest BCUT2D eigenvalue weighted by Crippen LogP contribution is 2.26. The van der Waals surface area contributed by atoms with E-state index in [0.29, 0.717) is 0 Å². The number of nitrogens with zero attached hydrogens (tertiary/aromatic N) is 2. The summed E-state index contributed by atoms with van der Waals surface area (Å²) in [6.45, 7) is 2.06. The molecule has 1 aromatic carbocycles. The van der Waals surface area contributed by atoms with E-state index in [2.05, 4.69) is 23.0 Å². The van der Waals surface area contributed by atoms with Crippen LogP contribution >= 0.6 is 0 Å². The summed E-state index contributed by atoms with van der Waals surface area (Å²) in [4.78, 5) is 8.13. The first-order chi connectivity index (χ1) is 6.84. The van der Waals surface area contributed by atoms with E-state index in [1.165, 1.54) is 5.56 Å². The van der Waals surface area contributed by atoms with E-state index in [-0.39, 0.29) is 0 Å². The molecule has 3 aromatic rings. The lowest BCUT2D eigenvalue weighted by Crippen LogP contribution is -1.76. The van der Waals surface area contributed by atoms with Gasteiger partial charge in [-0.25, -0.2) is 9.97 Å². The summed E-state index contributed by atoms with van der Waals surface area (Å²) in [6, 6.07) is 6.07. The zero-order valence-corrected chi connectivity index (χ0v) is 7.69. The summed E-state index contributed by atoms with van der Waals surface area (Å²) in [7, 11) is 0. The fourth-order valence-electron chi connectivity index (χ4n) is 1.63. The molecule has 3 rings (SSSR count). The van der Waals surface area contributed by atoms with Gasteiger partial charge < -0.3 is 4.42 Å². The van der Waals surface area contributed by atoms with Gasteiger partial charge in [-0.1, -0.05) is 11.6 Å². The van der Waals surface area contributed by atoms with Crippen molar-refractivity contribution in [3.05, 3.63) is 36.3 Å². The van der Waals surface area contributed by atoms with Crippen LogP contribution in [0, 0.1) is 6.92 Å². The number of aromatic nitrogens is 2. The number of rotatable bonds is 0. The van der Waals surface area contributed by atoms with Crippen LogP contribution in [-0.4, -0.2) is 9.97 Å². The molecular formula is C11H8N2O. The molecule has 0 aliphatic rings. The Morgan fingerprint density at radius 2 is 2.14 bits per heavy atom. The number of benzene rings is 1. The van der Waals surface area contributed by atoms with E-state index in [9.17, 15) is 0 Å². The lowest BCUT2D eigenvalue weighted by atomic mass is 10.2. The van der Waals surface area contributed by atoms with Gasteiger partial charge in [-0.3, -0.25) is 0 Å². The normalized spacial score (nSPS) is 11.2. The van der Waals surface area contributed by atoms with Gasteiger partial charge in [-0.15, -0.1) is 0 Å². The largest absolute Gasteiger partial charge is 0.453 e. The highest BCUT2D eigenvalue weighted by molar-refractivity contribution is 6.02. The van der Waals surface area contributed by atoms with Gasteiger partial charge in [0.05, 0.1) is 6.20 Å². The fraction of sp³-hybridized carbons (Fsp3) is 0.0909. The van der Waals surface area contributed by atoms with Gasteiger partial charge in [0.1, 0.15) is 17.4 Å². The van der Waals surface area contributed by atoms with E-state index in [4.69, 9.17) is 4.42 Å². The summed E-state index contributed by atoms with van der Waals surface area (Å²) in [5, 5.41) is 1.06. The standard InChI is InChI=1S/C11H8N2O/c1-7-2-3-9-8(4-7)11-10(14-9)5-12-6-13-11/h2-6H,1H3. The van der Waals surface area contributed by atoms with Gasteiger partial charge >= 0.3 is 0 Å². The Kier molecular flexibility index (Phi) is 1.36. The molecule has 0 bridgehead atoms. The van der Waals surface area contributed by atoms with E-state index in [1.54, 1.807) is 12.5 Å². The van der Waals surface area contributed by atoms with Crippen molar-refractivity contribution in [2.75, 3.05) is 0 Å². The Bertz CT molecular complexity index is 613. The molecule has 0 radical (unpaired) electrons. The fourth-order valence-corrected chi connectivity index (χ4v) is 1.63. The maximum atomic E-state index is 5.58. The molecule has 3 nitrogen and oxygen atoms in total. The molecule has 0 aliphatic heterocycles. The highest BCUT2D eigenvalue weighted by atomic mass is 16.3. The zero-order chi connectivity index (χ0) is 9.54. The second kappa shape index (κ2) is 2.54. The van der Waals surface area contributed by atoms with Gasteiger partial charge in [-0.05, 0) is 19.1 Å². The topological polar surface area (TPSA) is 38.9 Å². The van der Waals surface area contributed by atoms with Crippen molar-refractivity contribution in [2.24, 2.45) is 0 Å². The van der Waals surface area contributed by atoms with E-state index >= 15 is 0 Å². The molecule has 3 heteroatoms. The minimum absolute atomic E-state index is 0.744. The number of hydrogen-bond donors (Lipinski definition) is 0. The van der Waals surface area contributed by atoms with Crippen molar-refractivity contribution in [1.29, 1.82) is 0 Å². The molecule has 14 heavy (non-hydrogen) atoms. The average Bonchev–Trinajstić information content (AvgIpc) is 2.56. The van der Waals surface area contributed by atoms with Gasteiger partial charge in [0.2, 0.25) is 0 Å². The molecule has 2 heterocycles. The quantitative estimate of drug-likeness (QED) is 0.539. The highest BCUT2D eigenvalue weighted by Gasteiger charge is 2.06. The number of fused-ring (bicyclic) bond motifs is 3. The van der Waals surface area contributed by atoms with Crippen LogP contribution in [0.2, 0.25) is 0 Å². The van der Waals surface area contributed by atoms with Gasteiger partial charge in [-0.2, -0.15) is 0 Å². The average molecular weight is 184 g/mol. The van der Waals surface area contributed by atoms with Crippen molar-refractivity contribution in [1.82, 2.24) is 9.97 Å². The van der Waals surface area contributed by atoms with Crippen LogP contribution in [0.3, 0.4) is 0 Å². The van der Waals surface area contributed by atoms with Crippen LogP contribution in [0.15, 0.2) is 35.1 Å².